The molecule has 0 N–H and O–H groups in total. The highest BCUT2D eigenvalue weighted by atomic mass is 19.4. The molecular formula is C12H20F6. The average molecular weight is 278 g/mol. The second-order valence-corrected chi connectivity index (χ2v) is 5.33. The molecule has 6 heteroatoms. The van der Waals surface area contributed by atoms with Crippen LogP contribution in [0.3, 0.4) is 0 Å². The molecule has 0 aliphatic rings. The van der Waals surface area contributed by atoms with Crippen molar-refractivity contribution < 1.29 is 26.3 Å². The Balaban J connectivity index is 5.91. The molecule has 0 saturated carbocycles. The van der Waals surface area contributed by atoms with E-state index in [2.05, 4.69) is 0 Å². The summed E-state index contributed by atoms with van der Waals surface area (Å²) in [5, 5.41) is 0. The molecule has 0 radical (unpaired) electrons. The fourth-order valence-electron chi connectivity index (χ4n) is 1.76. The van der Waals surface area contributed by atoms with Crippen LogP contribution in [0.2, 0.25) is 0 Å². The SMILES string of the molecule is CCC(C)C(F)(C(F)(F)F)C(F)(F)C(C)(C)CC. The molecule has 0 rings (SSSR count). The first-order valence-corrected chi connectivity index (χ1v) is 5.93. The van der Waals surface area contributed by atoms with E-state index >= 15 is 0 Å². The van der Waals surface area contributed by atoms with Crippen LogP contribution < -0.4 is 0 Å². The van der Waals surface area contributed by atoms with Crippen LogP contribution in [0.25, 0.3) is 0 Å². The highest BCUT2D eigenvalue weighted by Crippen LogP contribution is 2.58. The van der Waals surface area contributed by atoms with Crippen molar-refractivity contribution in [1.29, 1.82) is 0 Å². The minimum atomic E-state index is -5.60. The number of halogens is 6. The van der Waals surface area contributed by atoms with Gasteiger partial charge in [-0.1, -0.05) is 34.6 Å². The molecule has 0 aromatic carbocycles. The predicted octanol–water partition coefficient (Wildman–Crippen LogP) is 5.37. The van der Waals surface area contributed by atoms with E-state index in [-0.39, 0.29) is 12.8 Å². The molecule has 18 heavy (non-hydrogen) atoms. The van der Waals surface area contributed by atoms with Gasteiger partial charge in [0.15, 0.2) is 0 Å². The quantitative estimate of drug-likeness (QED) is 0.593. The molecule has 0 nitrogen and oxygen atoms in total. The van der Waals surface area contributed by atoms with Crippen LogP contribution in [0.5, 0.6) is 0 Å². The van der Waals surface area contributed by atoms with E-state index in [4.69, 9.17) is 0 Å². The molecule has 0 aliphatic heterocycles. The lowest BCUT2D eigenvalue weighted by atomic mass is 9.69. The van der Waals surface area contributed by atoms with Crippen LogP contribution in [0.4, 0.5) is 26.3 Å². The van der Waals surface area contributed by atoms with Gasteiger partial charge in [0.1, 0.15) is 0 Å². The van der Waals surface area contributed by atoms with Gasteiger partial charge in [-0.15, -0.1) is 0 Å². The molecule has 2 atom stereocenters. The van der Waals surface area contributed by atoms with Crippen molar-refractivity contribution >= 4 is 0 Å². The third-order valence-electron chi connectivity index (χ3n) is 3.89. The number of rotatable bonds is 5. The van der Waals surface area contributed by atoms with E-state index in [0.717, 1.165) is 20.8 Å². The van der Waals surface area contributed by atoms with Gasteiger partial charge in [-0.2, -0.15) is 13.2 Å². The van der Waals surface area contributed by atoms with Gasteiger partial charge in [0.05, 0.1) is 0 Å². The van der Waals surface area contributed by atoms with Crippen molar-refractivity contribution in [3.63, 3.8) is 0 Å². The van der Waals surface area contributed by atoms with Crippen molar-refractivity contribution in [3.8, 4) is 0 Å². The fourth-order valence-corrected chi connectivity index (χ4v) is 1.76. The van der Waals surface area contributed by atoms with Crippen LogP contribution in [0.1, 0.15) is 47.5 Å². The van der Waals surface area contributed by atoms with Crippen LogP contribution >= 0.6 is 0 Å². The van der Waals surface area contributed by atoms with E-state index in [0.29, 0.717) is 0 Å². The molecule has 0 heterocycles. The summed E-state index contributed by atoms with van der Waals surface area (Å²) in [7, 11) is 0. The second kappa shape index (κ2) is 4.93. The van der Waals surface area contributed by atoms with Gasteiger partial charge in [0, 0.05) is 11.3 Å². The first kappa shape index (κ1) is 17.6. The van der Waals surface area contributed by atoms with Gasteiger partial charge >= 0.3 is 6.18 Å². The van der Waals surface area contributed by atoms with E-state index in [1.165, 1.54) is 13.8 Å². The number of hydrogen-bond donors (Lipinski definition) is 0. The summed E-state index contributed by atoms with van der Waals surface area (Å²) in [5.41, 5.74) is -6.57. The van der Waals surface area contributed by atoms with Crippen molar-refractivity contribution in [3.05, 3.63) is 0 Å². The van der Waals surface area contributed by atoms with Gasteiger partial charge in [-0.25, -0.2) is 13.2 Å². The van der Waals surface area contributed by atoms with Gasteiger partial charge < -0.3 is 0 Å². The van der Waals surface area contributed by atoms with Crippen LogP contribution in [-0.4, -0.2) is 17.8 Å². The third-order valence-corrected chi connectivity index (χ3v) is 3.89. The Kier molecular flexibility index (Phi) is 4.81. The second-order valence-electron chi connectivity index (χ2n) is 5.33. The third kappa shape index (κ3) is 2.35. The van der Waals surface area contributed by atoms with Gasteiger partial charge in [-0.3, -0.25) is 0 Å². The average Bonchev–Trinajstić information content (AvgIpc) is 2.24. The van der Waals surface area contributed by atoms with Crippen molar-refractivity contribution in [2.75, 3.05) is 0 Å². The van der Waals surface area contributed by atoms with Gasteiger partial charge in [0.2, 0.25) is 0 Å². The number of hydrogen-bond acceptors (Lipinski definition) is 0. The lowest BCUT2D eigenvalue weighted by Crippen LogP contribution is -2.64. The maximum Gasteiger partial charge on any atom is 0.428 e. The molecule has 0 aromatic heterocycles. The summed E-state index contributed by atoms with van der Waals surface area (Å²) in [4.78, 5) is 0. The molecule has 2 unspecified atom stereocenters. The van der Waals surface area contributed by atoms with Gasteiger partial charge in [-0.05, 0) is 12.8 Å². The molecule has 0 bridgehead atoms. The van der Waals surface area contributed by atoms with E-state index in [1.807, 2.05) is 0 Å². The maximum absolute atomic E-state index is 14.3. The molecule has 110 valence electrons. The Labute approximate surface area is 104 Å². The summed E-state index contributed by atoms with van der Waals surface area (Å²) in [6.45, 7) is 5.36. The van der Waals surface area contributed by atoms with Crippen LogP contribution in [0.15, 0.2) is 0 Å². The molecular weight excluding hydrogens is 258 g/mol. The Hall–Kier alpha value is -0.420. The lowest BCUT2D eigenvalue weighted by molar-refractivity contribution is -0.344. The number of alkyl halides is 6. The Bertz CT molecular complexity index is 281. The summed E-state index contributed by atoms with van der Waals surface area (Å²) in [6.07, 6.45) is -6.16. The zero-order chi connectivity index (χ0) is 15.0. The van der Waals surface area contributed by atoms with Crippen molar-refractivity contribution in [1.82, 2.24) is 0 Å². The van der Waals surface area contributed by atoms with Crippen LogP contribution in [0, 0.1) is 11.3 Å². The first-order valence-electron chi connectivity index (χ1n) is 5.93. The highest BCUT2D eigenvalue weighted by molar-refractivity contribution is 5.08. The maximum atomic E-state index is 14.3. The zero-order valence-corrected chi connectivity index (χ0v) is 11.3. The summed E-state index contributed by atoms with van der Waals surface area (Å²) >= 11 is 0. The molecule has 0 saturated heterocycles. The molecule has 0 amide bonds. The Morgan fingerprint density at radius 1 is 0.889 bits per heavy atom. The van der Waals surface area contributed by atoms with Crippen LogP contribution in [-0.2, 0) is 0 Å². The summed E-state index contributed by atoms with van der Waals surface area (Å²) in [6, 6.07) is 0. The molecule has 0 spiro atoms. The molecule has 0 aromatic rings. The smallest absolute Gasteiger partial charge is 0.227 e. The standard InChI is InChI=1S/C12H20F6/c1-6-8(3)10(13,12(16,17)18)11(14,15)9(4,5)7-2/h8H,6-7H2,1-5H3. The topological polar surface area (TPSA) is 0 Å². The van der Waals surface area contributed by atoms with E-state index in [9.17, 15) is 26.3 Å². The molecule has 0 fully saturated rings. The predicted molar refractivity (Wildman–Crippen MR) is 58.4 cm³/mol. The minimum absolute atomic E-state index is 0.252. The highest BCUT2D eigenvalue weighted by Gasteiger charge is 2.76. The lowest BCUT2D eigenvalue weighted by Gasteiger charge is -2.46. The largest absolute Gasteiger partial charge is 0.428 e. The first-order chi connectivity index (χ1) is 7.79. The monoisotopic (exact) mass is 278 g/mol. The minimum Gasteiger partial charge on any atom is -0.227 e. The van der Waals surface area contributed by atoms with Crippen molar-refractivity contribution in [2.24, 2.45) is 11.3 Å². The summed E-state index contributed by atoms with van der Waals surface area (Å²) < 4.78 is 81.0. The Morgan fingerprint density at radius 3 is 1.50 bits per heavy atom. The normalized spacial score (nSPS) is 19.5. The summed E-state index contributed by atoms with van der Waals surface area (Å²) in [5.74, 6) is -6.29. The van der Waals surface area contributed by atoms with E-state index < -0.39 is 29.1 Å². The fraction of sp³-hybridized carbons (Fsp3) is 1.00. The van der Waals surface area contributed by atoms with E-state index in [1.54, 1.807) is 0 Å². The molecule has 0 aliphatic carbocycles. The van der Waals surface area contributed by atoms with Gasteiger partial charge in [0.25, 0.3) is 11.6 Å². The zero-order valence-electron chi connectivity index (χ0n) is 11.3. The Morgan fingerprint density at radius 2 is 1.28 bits per heavy atom. The van der Waals surface area contributed by atoms with Crippen molar-refractivity contribution in [2.45, 2.75) is 65.2 Å².